The number of carbonyl (C=O) groups is 1. The van der Waals surface area contributed by atoms with Gasteiger partial charge in [-0.3, -0.25) is 4.79 Å². The molecule has 0 unspecified atom stereocenters. The summed E-state index contributed by atoms with van der Waals surface area (Å²) in [7, 11) is 0. The van der Waals surface area contributed by atoms with Gasteiger partial charge < -0.3 is 0 Å². The minimum Gasteiger partial charge on any atom is -0.267 e. The predicted octanol–water partition coefficient (Wildman–Crippen LogP) is 4.46. The van der Waals surface area contributed by atoms with Crippen molar-refractivity contribution >= 4 is 12.1 Å². The van der Waals surface area contributed by atoms with Crippen molar-refractivity contribution in [1.29, 1.82) is 0 Å². The van der Waals surface area contributed by atoms with E-state index in [1.807, 2.05) is 31.2 Å². The average molecular weight is 274 g/mol. The van der Waals surface area contributed by atoms with Gasteiger partial charge in [0, 0.05) is 11.8 Å². The lowest BCUT2D eigenvalue weighted by molar-refractivity contribution is 0.0954. The Bertz CT molecular complexity index is 427. The summed E-state index contributed by atoms with van der Waals surface area (Å²) in [5.74, 6) is -0.137. The quantitative estimate of drug-likeness (QED) is 0.403. The van der Waals surface area contributed by atoms with Crippen LogP contribution in [0.1, 0.15) is 67.8 Å². The van der Waals surface area contributed by atoms with E-state index in [1.165, 1.54) is 32.1 Å². The fourth-order valence-electron chi connectivity index (χ4n) is 2.07. The molecule has 0 aliphatic rings. The van der Waals surface area contributed by atoms with Crippen molar-refractivity contribution < 1.29 is 4.79 Å². The third-order valence-corrected chi connectivity index (χ3v) is 3.33. The van der Waals surface area contributed by atoms with E-state index in [0.29, 0.717) is 5.56 Å². The lowest BCUT2D eigenvalue weighted by Crippen LogP contribution is -2.18. The number of benzene rings is 1. The third kappa shape index (κ3) is 6.50. The molecule has 0 saturated carbocycles. The minimum absolute atomic E-state index is 0.137. The molecule has 0 spiro atoms. The molecule has 1 aromatic rings. The number of hydrogen-bond acceptors (Lipinski definition) is 2. The SMILES string of the molecule is CCCCCCCC/C=N/NC(=O)c1ccccc1C. The van der Waals surface area contributed by atoms with Gasteiger partial charge in [0.05, 0.1) is 0 Å². The molecule has 0 atom stereocenters. The number of amides is 1. The summed E-state index contributed by atoms with van der Waals surface area (Å²) in [5, 5.41) is 4.00. The Morgan fingerprint density at radius 3 is 2.60 bits per heavy atom. The molecule has 0 saturated heterocycles. The van der Waals surface area contributed by atoms with Gasteiger partial charge in [0.1, 0.15) is 0 Å². The smallest absolute Gasteiger partial charge is 0.267 e. The molecule has 0 aliphatic heterocycles. The van der Waals surface area contributed by atoms with Crippen molar-refractivity contribution in [3.05, 3.63) is 35.4 Å². The van der Waals surface area contributed by atoms with Crippen LogP contribution in [0.2, 0.25) is 0 Å². The number of aryl methyl sites for hydroxylation is 1. The van der Waals surface area contributed by atoms with Crippen LogP contribution in [0, 0.1) is 6.92 Å². The highest BCUT2D eigenvalue weighted by atomic mass is 16.2. The predicted molar refractivity (Wildman–Crippen MR) is 85.1 cm³/mol. The van der Waals surface area contributed by atoms with Crippen molar-refractivity contribution in [2.75, 3.05) is 0 Å². The Labute approximate surface area is 122 Å². The highest BCUT2D eigenvalue weighted by Crippen LogP contribution is 2.07. The van der Waals surface area contributed by atoms with Crippen LogP contribution in [-0.4, -0.2) is 12.1 Å². The zero-order chi connectivity index (χ0) is 14.6. The number of unbranched alkanes of at least 4 members (excludes halogenated alkanes) is 6. The van der Waals surface area contributed by atoms with Gasteiger partial charge in [0.2, 0.25) is 0 Å². The molecular weight excluding hydrogens is 248 g/mol. The van der Waals surface area contributed by atoms with Crippen LogP contribution in [0.25, 0.3) is 0 Å². The normalized spacial score (nSPS) is 10.9. The first-order chi connectivity index (χ1) is 9.75. The Morgan fingerprint density at radius 1 is 1.15 bits per heavy atom. The van der Waals surface area contributed by atoms with Crippen LogP contribution in [0.4, 0.5) is 0 Å². The van der Waals surface area contributed by atoms with Crippen LogP contribution >= 0.6 is 0 Å². The summed E-state index contributed by atoms with van der Waals surface area (Å²) < 4.78 is 0. The Kier molecular flexibility index (Phi) is 8.36. The Morgan fingerprint density at radius 2 is 1.85 bits per heavy atom. The van der Waals surface area contributed by atoms with Crippen LogP contribution in [0.15, 0.2) is 29.4 Å². The summed E-state index contributed by atoms with van der Waals surface area (Å²) >= 11 is 0. The second kappa shape index (κ2) is 10.2. The van der Waals surface area contributed by atoms with E-state index in [-0.39, 0.29) is 5.91 Å². The number of nitrogens with one attached hydrogen (secondary N) is 1. The molecule has 1 aromatic carbocycles. The van der Waals surface area contributed by atoms with E-state index in [0.717, 1.165) is 18.4 Å². The fourth-order valence-corrected chi connectivity index (χ4v) is 2.07. The molecule has 3 nitrogen and oxygen atoms in total. The van der Waals surface area contributed by atoms with E-state index < -0.39 is 0 Å². The van der Waals surface area contributed by atoms with E-state index in [1.54, 1.807) is 6.21 Å². The van der Waals surface area contributed by atoms with Gasteiger partial charge in [-0.2, -0.15) is 5.10 Å². The molecule has 1 amide bonds. The van der Waals surface area contributed by atoms with Crippen molar-refractivity contribution in [2.45, 2.75) is 58.8 Å². The summed E-state index contributed by atoms with van der Waals surface area (Å²) in [6.07, 6.45) is 10.4. The fraction of sp³-hybridized carbons (Fsp3) is 0.529. The molecule has 0 heterocycles. The van der Waals surface area contributed by atoms with E-state index >= 15 is 0 Å². The van der Waals surface area contributed by atoms with E-state index in [4.69, 9.17) is 0 Å². The topological polar surface area (TPSA) is 41.5 Å². The van der Waals surface area contributed by atoms with Crippen LogP contribution in [0.3, 0.4) is 0 Å². The lowest BCUT2D eigenvalue weighted by atomic mass is 10.1. The number of hydrazone groups is 1. The Balaban J connectivity index is 2.15. The lowest BCUT2D eigenvalue weighted by Gasteiger charge is -2.03. The monoisotopic (exact) mass is 274 g/mol. The van der Waals surface area contributed by atoms with Gasteiger partial charge in [0.25, 0.3) is 5.91 Å². The van der Waals surface area contributed by atoms with Crippen molar-refractivity contribution in [3.63, 3.8) is 0 Å². The summed E-state index contributed by atoms with van der Waals surface area (Å²) in [6, 6.07) is 7.53. The third-order valence-electron chi connectivity index (χ3n) is 3.33. The minimum atomic E-state index is -0.137. The number of rotatable bonds is 9. The Hall–Kier alpha value is -1.64. The first-order valence-corrected chi connectivity index (χ1v) is 7.63. The molecule has 0 fully saturated rings. The molecule has 0 aromatic heterocycles. The molecule has 1 rings (SSSR count). The highest BCUT2D eigenvalue weighted by molar-refractivity contribution is 5.95. The molecule has 1 N–H and O–H groups in total. The molecule has 0 radical (unpaired) electrons. The van der Waals surface area contributed by atoms with Crippen LogP contribution in [0.5, 0.6) is 0 Å². The molecule has 20 heavy (non-hydrogen) atoms. The molecule has 0 bridgehead atoms. The van der Waals surface area contributed by atoms with Gasteiger partial charge in [-0.15, -0.1) is 0 Å². The summed E-state index contributed by atoms with van der Waals surface area (Å²) in [6.45, 7) is 4.15. The maximum atomic E-state index is 11.8. The zero-order valence-electron chi connectivity index (χ0n) is 12.7. The van der Waals surface area contributed by atoms with Gasteiger partial charge in [0.15, 0.2) is 0 Å². The van der Waals surface area contributed by atoms with Gasteiger partial charge in [-0.25, -0.2) is 5.43 Å². The largest absolute Gasteiger partial charge is 0.271 e. The van der Waals surface area contributed by atoms with E-state index in [2.05, 4.69) is 17.5 Å². The second-order valence-corrected chi connectivity index (χ2v) is 5.12. The van der Waals surface area contributed by atoms with Gasteiger partial charge >= 0.3 is 0 Å². The van der Waals surface area contributed by atoms with Gasteiger partial charge in [-0.1, -0.05) is 57.2 Å². The zero-order valence-corrected chi connectivity index (χ0v) is 12.7. The van der Waals surface area contributed by atoms with Crippen molar-refractivity contribution in [3.8, 4) is 0 Å². The number of nitrogens with zero attached hydrogens (tertiary/aromatic N) is 1. The second-order valence-electron chi connectivity index (χ2n) is 5.12. The molecule has 0 aliphatic carbocycles. The first-order valence-electron chi connectivity index (χ1n) is 7.63. The standard InChI is InChI=1S/C17H26N2O/c1-3-4-5-6-7-8-11-14-18-19-17(20)16-13-10-9-12-15(16)2/h9-10,12-14H,3-8,11H2,1-2H3,(H,19,20)/b18-14+. The molecule has 110 valence electrons. The maximum absolute atomic E-state index is 11.8. The highest BCUT2D eigenvalue weighted by Gasteiger charge is 2.05. The van der Waals surface area contributed by atoms with Crippen molar-refractivity contribution in [2.24, 2.45) is 5.10 Å². The molecule has 3 heteroatoms. The molecular formula is C17H26N2O. The van der Waals surface area contributed by atoms with Crippen molar-refractivity contribution in [1.82, 2.24) is 5.43 Å². The average Bonchev–Trinajstić information content (AvgIpc) is 2.46. The van der Waals surface area contributed by atoms with Crippen LogP contribution < -0.4 is 5.43 Å². The summed E-state index contributed by atoms with van der Waals surface area (Å²) in [4.78, 5) is 11.8. The summed E-state index contributed by atoms with van der Waals surface area (Å²) in [5.41, 5.74) is 4.23. The maximum Gasteiger partial charge on any atom is 0.271 e. The number of carbonyl (C=O) groups excluding carboxylic acids is 1. The first kappa shape index (κ1) is 16.4. The van der Waals surface area contributed by atoms with Gasteiger partial charge in [-0.05, 0) is 31.4 Å². The number of hydrogen-bond donors (Lipinski definition) is 1. The van der Waals surface area contributed by atoms with E-state index in [9.17, 15) is 4.79 Å². The van der Waals surface area contributed by atoms with Crippen LogP contribution in [-0.2, 0) is 0 Å².